The Kier molecular flexibility index (Phi) is 3.52. The van der Waals surface area contributed by atoms with Crippen molar-refractivity contribution in [3.63, 3.8) is 0 Å². The van der Waals surface area contributed by atoms with Crippen molar-refractivity contribution < 1.29 is 4.79 Å². The van der Waals surface area contributed by atoms with Crippen LogP contribution in [-0.2, 0) is 4.79 Å². The van der Waals surface area contributed by atoms with Gasteiger partial charge in [0, 0.05) is 6.54 Å². The van der Waals surface area contributed by atoms with Crippen LogP contribution in [0.1, 0.15) is 30.4 Å². The number of carbonyl (C=O) groups excluding carboxylic acids is 1. The van der Waals surface area contributed by atoms with Gasteiger partial charge in [0.1, 0.15) is 12.1 Å². The van der Waals surface area contributed by atoms with Crippen molar-refractivity contribution in [2.24, 2.45) is 5.73 Å². The molecule has 1 heterocycles. The van der Waals surface area contributed by atoms with Gasteiger partial charge in [-0.3, -0.25) is 4.79 Å². The minimum absolute atomic E-state index is 0.285. The van der Waals surface area contributed by atoms with E-state index in [1.54, 1.807) is 6.07 Å². The van der Waals surface area contributed by atoms with Crippen LogP contribution in [0, 0.1) is 18.3 Å². The van der Waals surface area contributed by atoms with E-state index >= 15 is 0 Å². The van der Waals surface area contributed by atoms with Gasteiger partial charge in [0.05, 0.1) is 11.3 Å². The molecule has 1 aliphatic rings. The van der Waals surface area contributed by atoms with E-state index in [0.29, 0.717) is 5.56 Å². The van der Waals surface area contributed by atoms with Gasteiger partial charge in [0.2, 0.25) is 5.91 Å². The molecule has 0 aliphatic carbocycles. The average Bonchev–Trinajstić information content (AvgIpc) is 2.38. The lowest BCUT2D eigenvalue weighted by molar-refractivity contribution is -0.119. The molecule has 1 aromatic rings. The summed E-state index contributed by atoms with van der Waals surface area (Å²) in [4.78, 5) is 13.5. The summed E-state index contributed by atoms with van der Waals surface area (Å²) in [5, 5.41) is 9.17. The van der Waals surface area contributed by atoms with Crippen molar-refractivity contribution in [2.75, 3.05) is 11.4 Å². The largest absolute Gasteiger partial charge is 0.368 e. The van der Waals surface area contributed by atoms with Crippen LogP contribution >= 0.6 is 0 Å². The number of nitrogens with zero attached hydrogens (tertiary/aromatic N) is 2. The highest BCUT2D eigenvalue weighted by Gasteiger charge is 2.28. The molecule has 1 unspecified atom stereocenters. The molecule has 1 atom stereocenters. The highest BCUT2D eigenvalue weighted by Crippen LogP contribution is 2.28. The van der Waals surface area contributed by atoms with Gasteiger partial charge < -0.3 is 10.6 Å². The molecule has 18 heavy (non-hydrogen) atoms. The van der Waals surface area contributed by atoms with Crippen molar-refractivity contribution in [3.05, 3.63) is 29.3 Å². The van der Waals surface area contributed by atoms with Gasteiger partial charge in [-0.25, -0.2) is 0 Å². The van der Waals surface area contributed by atoms with Gasteiger partial charge in [0.15, 0.2) is 0 Å². The number of rotatable bonds is 2. The van der Waals surface area contributed by atoms with Crippen LogP contribution in [0.25, 0.3) is 0 Å². The number of piperidine rings is 1. The molecule has 2 N–H and O–H groups in total. The Labute approximate surface area is 107 Å². The zero-order valence-electron chi connectivity index (χ0n) is 10.5. The molecule has 1 amide bonds. The zero-order valence-corrected chi connectivity index (χ0v) is 10.5. The fourth-order valence-corrected chi connectivity index (χ4v) is 2.49. The standard InChI is InChI=1S/C14H17N3O/c1-10-5-6-11(9-15)13(8-10)17-7-3-2-4-12(17)14(16)18/h5-6,8,12H,2-4,7H2,1H3,(H2,16,18). The molecule has 2 rings (SSSR count). The lowest BCUT2D eigenvalue weighted by Crippen LogP contribution is -2.48. The van der Waals surface area contributed by atoms with Crippen LogP contribution in [0.3, 0.4) is 0 Å². The first-order valence-electron chi connectivity index (χ1n) is 6.20. The van der Waals surface area contributed by atoms with E-state index in [-0.39, 0.29) is 11.9 Å². The summed E-state index contributed by atoms with van der Waals surface area (Å²) in [7, 11) is 0. The second-order valence-electron chi connectivity index (χ2n) is 4.74. The number of primary amides is 1. The molecule has 1 fully saturated rings. The van der Waals surface area contributed by atoms with Crippen LogP contribution in [-0.4, -0.2) is 18.5 Å². The minimum atomic E-state index is -0.305. The maximum absolute atomic E-state index is 11.5. The molecule has 0 bridgehead atoms. The number of anilines is 1. The van der Waals surface area contributed by atoms with Crippen molar-refractivity contribution >= 4 is 11.6 Å². The lowest BCUT2D eigenvalue weighted by atomic mass is 9.99. The molecule has 1 aliphatic heterocycles. The number of nitrogens with two attached hydrogens (primary N) is 1. The number of benzene rings is 1. The summed E-state index contributed by atoms with van der Waals surface area (Å²) in [6.45, 7) is 2.76. The smallest absolute Gasteiger partial charge is 0.240 e. The van der Waals surface area contributed by atoms with Gasteiger partial charge in [-0.05, 0) is 43.9 Å². The number of aryl methyl sites for hydroxylation is 1. The Balaban J connectivity index is 2.42. The molecule has 0 saturated carbocycles. The van der Waals surface area contributed by atoms with Crippen LogP contribution in [0.2, 0.25) is 0 Å². The van der Waals surface area contributed by atoms with E-state index in [4.69, 9.17) is 5.73 Å². The van der Waals surface area contributed by atoms with Gasteiger partial charge in [-0.2, -0.15) is 5.26 Å². The predicted molar refractivity (Wildman–Crippen MR) is 70.1 cm³/mol. The first-order valence-corrected chi connectivity index (χ1v) is 6.20. The number of hydrogen-bond acceptors (Lipinski definition) is 3. The molecule has 94 valence electrons. The van der Waals surface area contributed by atoms with Gasteiger partial charge in [-0.15, -0.1) is 0 Å². The molecule has 0 radical (unpaired) electrons. The molecular weight excluding hydrogens is 226 g/mol. The van der Waals surface area contributed by atoms with Crippen LogP contribution in [0.15, 0.2) is 18.2 Å². The van der Waals surface area contributed by atoms with E-state index in [0.717, 1.165) is 37.1 Å². The monoisotopic (exact) mass is 243 g/mol. The summed E-state index contributed by atoms with van der Waals surface area (Å²) in [5.41, 5.74) is 7.98. The normalized spacial score (nSPS) is 19.3. The minimum Gasteiger partial charge on any atom is -0.368 e. The molecular formula is C14H17N3O. The summed E-state index contributed by atoms with van der Waals surface area (Å²) in [6, 6.07) is 7.57. The van der Waals surface area contributed by atoms with Crippen molar-refractivity contribution in [2.45, 2.75) is 32.2 Å². The molecule has 1 aromatic carbocycles. The van der Waals surface area contributed by atoms with Crippen LogP contribution in [0.5, 0.6) is 0 Å². The van der Waals surface area contributed by atoms with E-state index in [1.807, 2.05) is 24.0 Å². The predicted octanol–water partition coefficient (Wildman–Crippen LogP) is 1.71. The number of amides is 1. The average molecular weight is 243 g/mol. The van der Waals surface area contributed by atoms with E-state index < -0.39 is 0 Å². The third-order valence-electron chi connectivity index (χ3n) is 3.41. The van der Waals surface area contributed by atoms with Crippen LogP contribution < -0.4 is 10.6 Å². The van der Waals surface area contributed by atoms with Crippen molar-refractivity contribution in [1.29, 1.82) is 5.26 Å². The van der Waals surface area contributed by atoms with Gasteiger partial charge >= 0.3 is 0 Å². The quantitative estimate of drug-likeness (QED) is 0.859. The van der Waals surface area contributed by atoms with E-state index in [2.05, 4.69) is 6.07 Å². The van der Waals surface area contributed by atoms with Crippen molar-refractivity contribution in [3.8, 4) is 6.07 Å². The molecule has 0 spiro atoms. The maximum atomic E-state index is 11.5. The highest BCUT2D eigenvalue weighted by molar-refractivity contribution is 5.84. The number of nitriles is 1. The second-order valence-corrected chi connectivity index (χ2v) is 4.74. The first-order chi connectivity index (χ1) is 8.63. The summed E-state index contributed by atoms with van der Waals surface area (Å²) < 4.78 is 0. The fraction of sp³-hybridized carbons (Fsp3) is 0.429. The highest BCUT2D eigenvalue weighted by atomic mass is 16.1. The Hall–Kier alpha value is -2.02. The molecule has 4 nitrogen and oxygen atoms in total. The maximum Gasteiger partial charge on any atom is 0.240 e. The fourth-order valence-electron chi connectivity index (χ4n) is 2.49. The summed E-state index contributed by atoms with van der Waals surface area (Å²) >= 11 is 0. The summed E-state index contributed by atoms with van der Waals surface area (Å²) in [6.07, 6.45) is 2.81. The number of carbonyl (C=O) groups is 1. The topological polar surface area (TPSA) is 70.1 Å². The van der Waals surface area contributed by atoms with Gasteiger partial charge in [0.25, 0.3) is 0 Å². The Morgan fingerprint density at radius 2 is 2.28 bits per heavy atom. The lowest BCUT2D eigenvalue weighted by Gasteiger charge is -2.36. The second kappa shape index (κ2) is 5.09. The molecule has 4 heteroatoms. The number of hydrogen-bond donors (Lipinski definition) is 1. The zero-order chi connectivity index (χ0) is 13.1. The Bertz CT molecular complexity index is 504. The van der Waals surface area contributed by atoms with E-state index in [9.17, 15) is 10.1 Å². The molecule has 1 saturated heterocycles. The van der Waals surface area contributed by atoms with E-state index in [1.165, 1.54) is 0 Å². The third kappa shape index (κ3) is 2.30. The SMILES string of the molecule is Cc1ccc(C#N)c(N2CCCCC2C(N)=O)c1. The molecule has 0 aromatic heterocycles. The van der Waals surface area contributed by atoms with Gasteiger partial charge in [-0.1, -0.05) is 6.07 Å². The van der Waals surface area contributed by atoms with Crippen molar-refractivity contribution in [1.82, 2.24) is 0 Å². The Morgan fingerprint density at radius 1 is 1.50 bits per heavy atom. The van der Waals surface area contributed by atoms with Crippen LogP contribution in [0.4, 0.5) is 5.69 Å². The summed E-state index contributed by atoms with van der Waals surface area (Å²) in [5.74, 6) is -0.305. The third-order valence-corrected chi connectivity index (χ3v) is 3.41. The Morgan fingerprint density at radius 3 is 2.94 bits per heavy atom. The first kappa shape index (κ1) is 12.4.